The second kappa shape index (κ2) is 12.1. The van der Waals surface area contributed by atoms with E-state index in [1.807, 2.05) is 0 Å². The van der Waals surface area contributed by atoms with Crippen LogP contribution in [0.4, 0.5) is 0 Å². The van der Waals surface area contributed by atoms with Gasteiger partial charge in [0.25, 0.3) is 0 Å². The van der Waals surface area contributed by atoms with Crippen molar-refractivity contribution >= 4 is 15.9 Å². The fourth-order valence-electron chi connectivity index (χ4n) is 4.87. The van der Waals surface area contributed by atoms with Gasteiger partial charge in [-0.25, -0.2) is 13.1 Å². The van der Waals surface area contributed by atoms with E-state index in [1.54, 1.807) is 30.3 Å². The first-order valence-corrected chi connectivity index (χ1v) is 13.5. The smallest absolute Gasteiger partial charge is 0.240 e. The Morgan fingerprint density at radius 3 is 2.55 bits per heavy atom. The molecular formula is C25H39N3O4S. The average Bonchev–Trinajstić information content (AvgIpc) is 2.80. The quantitative estimate of drug-likeness (QED) is 0.506. The summed E-state index contributed by atoms with van der Waals surface area (Å²) >= 11 is 0. The molecule has 8 heteroatoms. The highest BCUT2D eigenvalue weighted by molar-refractivity contribution is 7.89. The first-order valence-electron chi connectivity index (χ1n) is 12.1. The molecule has 184 valence electrons. The zero-order chi connectivity index (χ0) is 23.8. The van der Waals surface area contributed by atoms with E-state index < -0.39 is 10.0 Å². The number of ether oxygens (including phenoxy) is 1. The molecule has 33 heavy (non-hydrogen) atoms. The largest absolute Gasteiger partial charge is 0.379 e. The number of morpholine rings is 1. The Bertz CT molecular complexity index is 895. The van der Waals surface area contributed by atoms with Crippen LogP contribution >= 0.6 is 0 Å². The molecule has 0 bridgehead atoms. The van der Waals surface area contributed by atoms with Crippen molar-refractivity contribution in [2.75, 3.05) is 45.9 Å². The summed E-state index contributed by atoms with van der Waals surface area (Å²) in [6, 6.07) is 8.48. The van der Waals surface area contributed by atoms with Crippen molar-refractivity contribution in [3.8, 4) is 0 Å². The number of allylic oxidation sites excluding steroid dienone is 1. The standard InChI is InChI=1S/C25H39N3O4S/c1-19(2)24-16-21(17-25(29)26-9-10-28-11-13-32-14-12-28)20(3)15-22(24)18-27-33(30,31)23-7-5-4-6-8-23/h4-8,15,19,21-22,24,27H,9-14,16-18H2,1-3H3,(H,26,29). The Kier molecular flexibility index (Phi) is 9.49. The molecule has 0 saturated carbocycles. The van der Waals surface area contributed by atoms with Crippen LogP contribution in [0.2, 0.25) is 0 Å². The highest BCUT2D eigenvalue weighted by Gasteiger charge is 2.33. The molecule has 0 radical (unpaired) electrons. The molecule has 2 aliphatic rings. The first-order chi connectivity index (χ1) is 15.8. The number of amides is 1. The van der Waals surface area contributed by atoms with Crippen LogP contribution in [-0.2, 0) is 19.6 Å². The predicted molar refractivity (Wildman–Crippen MR) is 130 cm³/mol. The molecule has 3 unspecified atom stereocenters. The molecule has 1 aromatic rings. The number of nitrogens with zero attached hydrogens (tertiary/aromatic N) is 1. The van der Waals surface area contributed by atoms with Gasteiger partial charge in [0, 0.05) is 39.1 Å². The Balaban J connectivity index is 1.54. The summed E-state index contributed by atoms with van der Waals surface area (Å²) in [5.74, 6) is 1.12. The lowest BCUT2D eigenvalue weighted by molar-refractivity contribution is -0.122. The summed E-state index contributed by atoms with van der Waals surface area (Å²) in [5, 5.41) is 3.08. The average molecular weight is 478 g/mol. The summed E-state index contributed by atoms with van der Waals surface area (Å²) in [6.45, 7) is 11.7. The topological polar surface area (TPSA) is 87.7 Å². The van der Waals surface area contributed by atoms with E-state index in [9.17, 15) is 13.2 Å². The number of nitrogens with one attached hydrogen (secondary N) is 2. The van der Waals surface area contributed by atoms with Gasteiger partial charge in [-0.2, -0.15) is 0 Å². The molecule has 1 amide bonds. The van der Waals surface area contributed by atoms with E-state index in [0.29, 0.717) is 31.3 Å². The number of carbonyl (C=O) groups excluding carboxylic acids is 1. The van der Waals surface area contributed by atoms with Gasteiger partial charge in [0.05, 0.1) is 18.1 Å². The van der Waals surface area contributed by atoms with Crippen molar-refractivity contribution < 1.29 is 17.9 Å². The van der Waals surface area contributed by atoms with Crippen molar-refractivity contribution in [2.24, 2.45) is 23.7 Å². The molecule has 1 saturated heterocycles. The fourth-order valence-corrected chi connectivity index (χ4v) is 5.96. The second-order valence-electron chi connectivity index (χ2n) is 9.59. The molecule has 1 aliphatic carbocycles. The zero-order valence-electron chi connectivity index (χ0n) is 20.1. The maximum atomic E-state index is 12.7. The lowest BCUT2D eigenvalue weighted by atomic mass is 9.70. The summed E-state index contributed by atoms with van der Waals surface area (Å²) in [6.07, 6.45) is 3.57. The SMILES string of the molecule is CC1=CC(CNS(=O)(=O)c2ccccc2)C(C(C)C)CC1CC(=O)NCCN1CCOCC1. The number of rotatable bonds is 10. The van der Waals surface area contributed by atoms with Crippen LogP contribution in [0.5, 0.6) is 0 Å². The lowest BCUT2D eigenvalue weighted by Crippen LogP contribution is -2.42. The lowest BCUT2D eigenvalue weighted by Gasteiger charge is -2.37. The minimum atomic E-state index is -3.53. The molecule has 1 fully saturated rings. The van der Waals surface area contributed by atoms with Gasteiger partial charge in [-0.3, -0.25) is 9.69 Å². The highest BCUT2D eigenvalue weighted by atomic mass is 32.2. The minimum absolute atomic E-state index is 0.0896. The monoisotopic (exact) mass is 477 g/mol. The van der Waals surface area contributed by atoms with Crippen molar-refractivity contribution in [3.63, 3.8) is 0 Å². The highest BCUT2D eigenvalue weighted by Crippen LogP contribution is 2.38. The van der Waals surface area contributed by atoms with E-state index in [0.717, 1.165) is 39.3 Å². The third kappa shape index (κ3) is 7.64. The number of benzene rings is 1. The van der Waals surface area contributed by atoms with E-state index in [-0.39, 0.29) is 22.6 Å². The molecule has 2 N–H and O–H groups in total. The van der Waals surface area contributed by atoms with Gasteiger partial charge in [-0.15, -0.1) is 0 Å². The van der Waals surface area contributed by atoms with Crippen LogP contribution < -0.4 is 10.0 Å². The van der Waals surface area contributed by atoms with Crippen LogP contribution in [-0.4, -0.2) is 65.2 Å². The molecule has 7 nitrogen and oxygen atoms in total. The summed E-state index contributed by atoms with van der Waals surface area (Å²) in [4.78, 5) is 15.2. The van der Waals surface area contributed by atoms with Crippen LogP contribution in [0.25, 0.3) is 0 Å². The second-order valence-corrected chi connectivity index (χ2v) is 11.4. The molecule has 1 heterocycles. The summed E-state index contributed by atoms with van der Waals surface area (Å²) in [5.41, 5.74) is 1.18. The van der Waals surface area contributed by atoms with Crippen molar-refractivity contribution in [3.05, 3.63) is 42.0 Å². The number of hydrogen-bond donors (Lipinski definition) is 2. The molecule has 3 rings (SSSR count). The number of carbonyl (C=O) groups is 1. The first kappa shape index (κ1) is 25.9. The zero-order valence-corrected chi connectivity index (χ0v) is 20.9. The van der Waals surface area contributed by atoms with Crippen LogP contribution in [0.15, 0.2) is 46.9 Å². The molecule has 0 aromatic heterocycles. The summed E-state index contributed by atoms with van der Waals surface area (Å²) in [7, 11) is -3.53. The van der Waals surface area contributed by atoms with Gasteiger partial charge in [-0.1, -0.05) is 43.7 Å². The van der Waals surface area contributed by atoms with E-state index in [4.69, 9.17) is 4.74 Å². The van der Waals surface area contributed by atoms with Gasteiger partial charge in [0.2, 0.25) is 15.9 Å². The van der Waals surface area contributed by atoms with E-state index >= 15 is 0 Å². The van der Waals surface area contributed by atoms with Crippen LogP contribution in [0, 0.1) is 23.7 Å². The minimum Gasteiger partial charge on any atom is -0.379 e. The number of hydrogen-bond acceptors (Lipinski definition) is 5. The molecular weight excluding hydrogens is 438 g/mol. The van der Waals surface area contributed by atoms with Crippen molar-refractivity contribution in [1.82, 2.24) is 14.9 Å². The van der Waals surface area contributed by atoms with Gasteiger partial charge in [-0.05, 0) is 49.1 Å². The van der Waals surface area contributed by atoms with Crippen molar-refractivity contribution in [2.45, 2.75) is 38.5 Å². The van der Waals surface area contributed by atoms with Gasteiger partial charge in [0.15, 0.2) is 0 Å². The van der Waals surface area contributed by atoms with Gasteiger partial charge in [0.1, 0.15) is 0 Å². The molecule has 0 spiro atoms. The van der Waals surface area contributed by atoms with Gasteiger partial charge < -0.3 is 10.1 Å². The van der Waals surface area contributed by atoms with Crippen LogP contribution in [0.3, 0.4) is 0 Å². The van der Waals surface area contributed by atoms with Crippen LogP contribution in [0.1, 0.15) is 33.6 Å². The Morgan fingerprint density at radius 2 is 1.88 bits per heavy atom. The Labute approximate surface area is 199 Å². The molecule has 1 aromatic carbocycles. The van der Waals surface area contributed by atoms with E-state index in [1.165, 1.54) is 5.57 Å². The third-order valence-corrected chi connectivity index (χ3v) is 8.37. The maximum Gasteiger partial charge on any atom is 0.240 e. The molecule has 1 aliphatic heterocycles. The molecule has 3 atom stereocenters. The van der Waals surface area contributed by atoms with Gasteiger partial charge >= 0.3 is 0 Å². The normalized spacial score (nSPS) is 24.5. The third-order valence-electron chi connectivity index (χ3n) is 6.93. The maximum absolute atomic E-state index is 12.7. The number of sulfonamides is 1. The van der Waals surface area contributed by atoms with Crippen molar-refractivity contribution in [1.29, 1.82) is 0 Å². The Morgan fingerprint density at radius 1 is 1.18 bits per heavy atom. The fraction of sp³-hybridized carbons (Fsp3) is 0.640. The predicted octanol–water partition coefficient (Wildman–Crippen LogP) is 2.66. The Hall–Kier alpha value is -1.74. The summed E-state index contributed by atoms with van der Waals surface area (Å²) < 4.78 is 33.5. The van der Waals surface area contributed by atoms with E-state index in [2.05, 4.69) is 41.8 Å².